The molecule has 3 heteroatoms. The summed E-state index contributed by atoms with van der Waals surface area (Å²) >= 11 is 3.56. The van der Waals surface area contributed by atoms with Gasteiger partial charge in [-0.2, -0.15) is 5.26 Å². The first-order chi connectivity index (χ1) is 8.53. The first-order valence-corrected chi connectivity index (χ1v) is 6.97. The van der Waals surface area contributed by atoms with Crippen molar-refractivity contribution in [1.29, 1.82) is 5.26 Å². The minimum atomic E-state index is -0.219. The third-order valence-electron chi connectivity index (χ3n) is 3.26. The lowest BCUT2D eigenvalue weighted by molar-refractivity contribution is 0.418. The number of benzene rings is 1. The van der Waals surface area contributed by atoms with Crippen LogP contribution in [0.5, 0.6) is 0 Å². The molecule has 1 aromatic carbocycles. The van der Waals surface area contributed by atoms with Crippen molar-refractivity contribution in [2.45, 2.75) is 33.2 Å². The zero-order valence-electron chi connectivity index (χ0n) is 10.8. The van der Waals surface area contributed by atoms with Crippen molar-refractivity contribution < 1.29 is 0 Å². The highest BCUT2D eigenvalue weighted by atomic mass is 79.9. The Bertz CT molecular complexity index is 590. The fraction of sp³-hybridized carbons (Fsp3) is 0.400. The number of halogens is 1. The molecule has 2 aromatic rings. The SMILES string of the molecule is CC(C)(C#N)CCCn1ccc2c(Br)cccc21. The van der Waals surface area contributed by atoms with Crippen LogP contribution in [0.1, 0.15) is 26.7 Å². The van der Waals surface area contributed by atoms with Gasteiger partial charge in [0.25, 0.3) is 0 Å². The summed E-state index contributed by atoms with van der Waals surface area (Å²) in [5.41, 5.74) is 1.03. The van der Waals surface area contributed by atoms with Gasteiger partial charge in [0, 0.05) is 28.1 Å². The van der Waals surface area contributed by atoms with Gasteiger partial charge in [-0.3, -0.25) is 0 Å². The molecule has 0 saturated heterocycles. The average Bonchev–Trinajstić information content (AvgIpc) is 2.74. The molecule has 0 aliphatic heterocycles. The van der Waals surface area contributed by atoms with Crippen LogP contribution in [0.15, 0.2) is 34.9 Å². The molecule has 1 aromatic heterocycles. The molecule has 0 unspecified atom stereocenters. The molecule has 0 bridgehead atoms. The number of hydrogen-bond donors (Lipinski definition) is 0. The summed E-state index contributed by atoms with van der Waals surface area (Å²) in [6.45, 7) is 4.96. The molecule has 0 spiro atoms. The average molecular weight is 305 g/mol. The standard InChI is InChI=1S/C15H17BrN2/c1-15(2,11-17)8-4-9-18-10-7-12-13(16)5-3-6-14(12)18/h3,5-7,10H,4,8-9H2,1-2H3. The highest BCUT2D eigenvalue weighted by Crippen LogP contribution is 2.26. The van der Waals surface area contributed by atoms with E-state index in [-0.39, 0.29) is 5.41 Å². The van der Waals surface area contributed by atoms with Gasteiger partial charge >= 0.3 is 0 Å². The van der Waals surface area contributed by atoms with Crippen molar-refractivity contribution in [1.82, 2.24) is 4.57 Å². The molecule has 0 atom stereocenters. The van der Waals surface area contributed by atoms with Gasteiger partial charge in [-0.1, -0.05) is 22.0 Å². The van der Waals surface area contributed by atoms with Crippen LogP contribution in [0, 0.1) is 16.7 Å². The molecule has 0 N–H and O–H groups in total. The first kappa shape index (κ1) is 13.2. The van der Waals surface area contributed by atoms with E-state index in [0.29, 0.717) is 0 Å². The number of hydrogen-bond acceptors (Lipinski definition) is 1. The molecule has 0 aliphatic rings. The molecule has 0 aliphatic carbocycles. The van der Waals surface area contributed by atoms with E-state index < -0.39 is 0 Å². The zero-order chi connectivity index (χ0) is 13.2. The van der Waals surface area contributed by atoms with Gasteiger partial charge < -0.3 is 4.57 Å². The Morgan fingerprint density at radius 2 is 2.11 bits per heavy atom. The Morgan fingerprint density at radius 1 is 1.33 bits per heavy atom. The molecule has 2 nitrogen and oxygen atoms in total. The van der Waals surface area contributed by atoms with E-state index in [9.17, 15) is 0 Å². The predicted molar refractivity (Wildman–Crippen MR) is 78.3 cm³/mol. The molecule has 0 saturated carbocycles. The number of aromatic nitrogens is 1. The lowest BCUT2D eigenvalue weighted by Crippen LogP contribution is -2.09. The number of fused-ring (bicyclic) bond motifs is 1. The van der Waals surface area contributed by atoms with Crippen LogP contribution >= 0.6 is 15.9 Å². The maximum Gasteiger partial charge on any atom is 0.0683 e. The normalized spacial score (nSPS) is 11.7. The van der Waals surface area contributed by atoms with E-state index in [1.165, 1.54) is 10.9 Å². The van der Waals surface area contributed by atoms with Crippen LogP contribution in [-0.2, 0) is 6.54 Å². The van der Waals surface area contributed by atoms with Crippen LogP contribution in [-0.4, -0.2) is 4.57 Å². The third-order valence-corrected chi connectivity index (χ3v) is 3.96. The second-order valence-corrected chi connectivity index (χ2v) is 6.14. The Morgan fingerprint density at radius 3 is 2.83 bits per heavy atom. The van der Waals surface area contributed by atoms with Crippen molar-refractivity contribution >= 4 is 26.8 Å². The van der Waals surface area contributed by atoms with E-state index in [1.54, 1.807) is 0 Å². The van der Waals surface area contributed by atoms with Gasteiger partial charge in [-0.25, -0.2) is 0 Å². The third kappa shape index (κ3) is 2.76. The molecule has 18 heavy (non-hydrogen) atoms. The molecule has 94 valence electrons. The van der Waals surface area contributed by atoms with Crippen molar-refractivity contribution in [3.05, 3.63) is 34.9 Å². The van der Waals surface area contributed by atoms with Crippen molar-refractivity contribution in [3.8, 4) is 6.07 Å². The van der Waals surface area contributed by atoms with Crippen molar-refractivity contribution in [2.24, 2.45) is 5.41 Å². The van der Waals surface area contributed by atoms with E-state index in [2.05, 4.69) is 57.0 Å². The molecular weight excluding hydrogens is 288 g/mol. The van der Waals surface area contributed by atoms with Crippen LogP contribution in [0.3, 0.4) is 0 Å². The quantitative estimate of drug-likeness (QED) is 0.802. The Hall–Kier alpha value is -1.27. The van der Waals surface area contributed by atoms with E-state index >= 15 is 0 Å². The van der Waals surface area contributed by atoms with E-state index in [0.717, 1.165) is 23.9 Å². The minimum Gasteiger partial charge on any atom is -0.347 e. The van der Waals surface area contributed by atoms with Crippen LogP contribution in [0.2, 0.25) is 0 Å². The number of aryl methyl sites for hydroxylation is 1. The molecular formula is C15H17BrN2. The largest absolute Gasteiger partial charge is 0.347 e. The van der Waals surface area contributed by atoms with Crippen LogP contribution in [0.4, 0.5) is 0 Å². The summed E-state index contributed by atoms with van der Waals surface area (Å²) in [4.78, 5) is 0. The van der Waals surface area contributed by atoms with E-state index in [1.807, 2.05) is 13.8 Å². The van der Waals surface area contributed by atoms with Crippen molar-refractivity contribution in [2.75, 3.05) is 0 Å². The van der Waals surface area contributed by atoms with Gasteiger partial charge in [0.05, 0.1) is 11.5 Å². The summed E-state index contributed by atoms with van der Waals surface area (Å²) in [6.07, 6.45) is 4.07. The predicted octanol–water partition coefficient (Wildman–Crippen LogP) is 4.73. The Kier molecular flexibility index (Phi) is 3.77. The maximum atomic E-state index is 9.00. The van der Waals surface area contributed by atoms with Crippen LogP contribution in [0.25, 0.3) is 10.9 Å². The summed E-state index contributed by atoms with van der Waals surface area (Å²) in [7, 11) is 0. The van der Waals surface area contributed by atoms with Gasteiger partial charge in [0.1, 0.15) is 0 Å². The molecule has 0 amide bonds. The second kappa shape index (κ2) is 5.16. The highest BCUT2D eigenvalue weighted by molar-refractivity contribution is 9.10. The summed E-state index contributed by atoms with van der Waals surface area (Å²) in [5.74, 6) is 0. The fourth-order valence-electron chi connectivity index (χ4n) is 2.13. The monoisotopic (exact) mass is 304 g/mol. The number of nitrogens with zero attached hydrogens (tertiary/aromatic N) is 2. The van der Waals surface area contributed by atoms with Gasteiger partial charge in [0.15, 0.2) is 0 Å². The van der Waals surface area contributed by atoms with Gasteiger partial charge in [0.2, 0.25) is 0 Å². The number of nitriles is 1. The lowest BCUT2D eigenvalue weighted by atomic mass is 9.90. The van der Waals surface area contributed by atoms with Gasteiger partial charge in [-0.05, 0) is 44.9 Å². The lowest BCUT2D eigenvalue weighted by Gasteiger charge is -2.15. The summed E-state index contributed by atoms with van der Waals surface area (Å²) in [5, 5.41) is 10.2. The topological polar surface area (TPSA) is 28.7 Å². The van der Waals surface area contributed by atoms with E-state index in [4.69, 9.17) is 5.26 Å². The molecule has 2 rings (SSSR count). The molecule has 1 heterocycles. The molecule has 0 fully saturated rings. The first-order valence-electron chi connectivity index (χ1n) is 6.18. The second-order valence-electron chi connectivity index (χ2n) is 5.28. The smallest absolute Gasteiger partial charge is 0.0683 e. The fourth-order valence-corrected chi connectivity index (χ4v) is 2.62. The number of rotatable bonds is 4. The highest BCUT2D eigenvalue weighted by Gasteiger charge is 2.15. The Labute approximate surface area is 116 Å². The van der Waals surface area contributed by atoms with Crippen molar-refractivity contribution in [3.63, 3.8) is 0 Å². The summed E-state index contributed by atoms with van der Waals surface area (Å²) in [6, 6.07) is 10.7. The molecule has 0 radical (unpaired) electrons. The summed E-state index contributed by atoms with van der Waals surface area (Å²) < 4.78 is 3.39. The zero-order valence-corrected chi connectivity index (χ0v) is 12.4. The van der Waals surface area contributed by atoms with Gasteiger partial charge in [-0.15, -0.1) is 0 Å². The minimum absolute atomic E-state index is 0.219. The Balaban J connectivity index is 2.10. The van der Waals surface area contributed by atoms with Crippen LogP contribution < -0.4 is 0 Å². The maximum absolute atomic E-state index is 9.00.